The third-order valence-corrected chi connectivity index (χ3v) is 4.51. The van der Waals surface area contributed by atoms with Crippen molar-refractivity contribution in [3.05, 3.63) is 64.1 Å². The van der Waals surface area contributed by atoms with E-state index in [1.165, 1.54) is 4.90 Å². The Labute approximate surface area is 150 Å². The number of hydrogen-bond donors (Lipinski definition) is 1. The topological polar surface area (TPSA) is 57.6 Å². The SMILES string of the molecule is CN(C(=O)CC(CC(=O)O)c1ccc(Cl)c(Cl)c1)c1ccccc1. The molecule has 0 radical (unpaired) electrons. The first-order valence-electron chi connectivity index (χ1n) is 7.37. The van der Waals surface area contributed by atoms with Crippen LogP contribution < -0.4 is 4.90 Å². The van der Waals surface area contributed by atoms with Crippen molar-refractivity contribution >= 4 is 40.8 Å². The number of aliphatic carboxylic acids is 1. The molecule has 0 saturated carbocycles. The van der Waals surface area contributed by atoms with Crippen LogP contribution in [-0.2, 0) is 9.59 Å². The van der Waals surface area contributed by atoms with Gasteiger partial charge in [-0.1, -0.05) is 47.5 Å². The van der Waals surface area contributed by atoms with Crippen LogP contribution in [0.2, 0.25) is 10.0 Å². The average molecular weight is 366 g/mol. The zero-order valence-electron chi connectivity index (χ0n) is 13.1. The summed E-state index contributed by atoms with van der Waals surface area (Å²) in [6.45, 7) is 0. The van der Waals surface area contributed by atoms with E-state index in [2.05, 4.69) is 0 Å². The molecule has 0 saturated heterocycles. The van der Waals surface area contributed by atoms with Gasteiger partial charge in [-0.2, -0.15) is 0 Å². The molecule has 0 spiro atoms. The predicted molar refractivity (Wildman–Crippen MR) is 95.9 cm³/mol. The molecular weight excluding hydrogens is 349 g/mol. The molecule has 4 nitrogen and oxygen atoms in total. The van der Waals surface area contributed by atoms with Crippen LogP contribution in [0.25, 0.3) is 0 Å². The third kappa shape index (κ3) is 4.73. The van der Waals surface area contributed by atoms with E-state index in [1.807, 2.05) is 30.3 Å². The summed E-state index contributed by atoms with van der Waals surface area (Å²) in [7, 11) is 1.67. The van der Waals surface area contributed by atoms with Gasteiger partial charge in [0.05, 0.1) is 16.5 Å². The van der Waals surface area contributed by atoms with Crippen LogP contribution >= 0.6 is 23.2 Å². The number of halogens is 2. The molecule has 24 heavy (non-hydrogen) atoms. The molecule has 1 N–H and O–H groups in total. The van der Waals surface area contributed by atoms with Gasteiger partial charge in [0.25, 0.3) is 0 Å². The summed E-state index contributed by atoms with van der Waals surface area (Å²) in [5, 5.41) is 9.89. The highest BCUT2D eigenvalue weighted by Crippen LogP contribution is 2.31. The van der Waals surface area contributed by atoms with Crippen molar-refractivity contribution in [2.24, 2.45) is 0 Å². The molecule has 1 amide bonds. The number of carbonyl (C=O) groups is 2. The molecule has 0 aromatic heterocycles. The maximum Gasteiger partial charge on any atom is 0.303 e. The van der Waals surface area contributed by atoms with E-state index < -0.39 is 11.9 Å². The second-order valence-electron chi connectivity index (χ2n) is 5.46. The molecule has 6 heteroatoms. The van der Waals surface area contributed by atoms with Gasteiger partial charge in [0, 0.05) is 25.1 Å². The number of rotatable bonds is 6. The molecule has 2 rings (SSSR count). The largest absolute Gasteiger partial charge is 0.481 e. The highest BCUT2D eigenvalue weighted by molar-refractivity contribution is 6.42. The maximum atomic E-state index is 12.5. The van der Waals surface area contributed by atoms with Crippen LogP contribution in [-0.4, -0.2) is 24.0 Å². The summed E-state index contributed by atoms with van der Waals surface area (Å²) < 4.78 is 0. The molecule has 0 heterocycles. The van der Waals surface area contributed by atoms with Gasteiger partial charge < -0.3 is 10.0 Å². The zero-order chi connectivity index (χ0) is 17.7. The minimum Gasteiger partial charge on any atom is -0.481 e. The Morgan fingerprint density at radius 3 is 2.29 bits per heavy atom. The summed E-state index contributed by atoms with van der Waals surface area (Å²) in [4.78, 5) is 25.2. The number of amides is 1. The summed E-state index contributed by atoms with van der Waals surface area (Å²) in [6.07, 6.45) is -0.0953. The molecular formula is C18H17Cl2NO3. The number of carboxylic acids is 1. The Morgan fingerprint density at radius 2 is 1.71 bits per heavy atom. The molecule has 2 aromatic rings. The van der Waals surface area contributed by atoms with Crippen molar-refractivity contribution < 1.29 is 14.7 Å². The Kier molecular flexibility index (Phi) is 6.23. The Morgan fingerprint density at radius 1 is 1.04 bits per heavy atom. The van der Waals surface area contributed by atoms with Gasteiger partial charge in [-0.15, -0.1) is 0 Å². The van der Waals surface area contributed by atoms with E-state index in [0.717, 1.165) is 5.69 Å². The lowest BCUT2D eigenvalue weighted by molar-refractivity contribution is -0.137. The molecule has 2 aromatic carbocycles. The number of anilines is 1. The Bertz CT molecular complexity index is 734. The minimum absolute atomic E-state index is 0.0651. The third-order valence-electron chi connectivity index (χ3n) is 3.77. The van der Waals surface area contributed by atoms with Crippen LogP contribution in [0, 0.1) is 0 Å². The summed E-state index contributed by atoms with van der Waals surface area (Å²) >= 11 is 11.9. The molecule has 0 aliphatic heterocycles. The van der Waals surface area contributed by atoms with Crippen molar-refractivity contribution in [1.82, 2.24) is 0 Å². The lowest BCUT2D eigenvalue weighted by atomic mass is 9.92. The fourth-order valence-corrected chi connectivity index (χ4v) is 2.73. The summed E-state index contributed by atoms with van der Waals surface area (Å²) in [6, 6.07) is 14.1. The van der Waals surface area contributed by atoms with E-state index in [-0.39, 0.29) is 18.7 Å². The van der Waals surface area contributed by atoms with Gasteiger partial charge in [-0.3, -0.25) is 9.59 Å². The van der Waals surface area contributed by atoms with Gasteiger partial charge in [0.15, 0.2) is 0 Å². The molecule has 0 fully saturated rings. The molecule has 0 bridgehead atoms. The van der Waals surface area contributed by atoms with Gasteiger partial charge in [-0.05, 0) is 29.8 Å². The lowest BCUT2D eigenvalue weighted by Gasteiger charge is -2.21. The highest BCUT2D eigenvalue weighted by atomic mass is 35.5. The first-order chi connectivity index (χ1) is 11.4. The van der Waals surface area contributed by atoms with Crippen LogP contribution in [0.5, 0.6) is 0 Å². The van der Waals surface area contributed by atoms with Crippen molar-refractivity contribution in [2.75, 3.05) is 11.9 Å². The first-order valence-corrected chi connectivity index (χ1v) is 8.12. The van der Waals surface area contributed by atoms with Gasteiger partial charge in [0.1, 0.15) is 0 Å². The lowest BCUT2D eigenvalue weighted by Crippen LogP contribution is -2.28. The van der Waals surface area contributed by atoms with Crippen molar-refractivity contribution in [3.8, 4) is 0 Å². The molecule has 0 aliphatic carbocycles. The molecule has 126 valence electrons. The quantitative estimate of drug-likeness (QED) is 0.813. The number of para-hydroxylation sites is 1. The number of benzene rings is 2. The normalized spacial score (nSPS) is 11.8. The molecule has 1 atom stereocenters. The summed E-state index contributed by atoms with van der Waals surface area (Å²) in [5.41, 5.74) is 1.44. The fraction of sp³-hybridized carbons (Fsp3) is 0.222. The molecule has 0 aliphatic rings. The van der Waals surface area contributed by atoms with Crippen molar-refractivity contribution in [3.63, 3.8) is 0 Å². The van der Waals surface area contributed by atoms with Gasteiger partial charge in [0.2, 0.25) is 5.91 Å². The second-order valence-corrected chi connectivity index (χ2v) is 6.28. The number of carbonyl (C=O) groups excluding carboxylic acids is 1. The maximum absolute atomic E-state index is 12.5. The van der Waals surface area contributed by atoms with Crippen LogP contribution in [0.1, 0.15) is 24.3 Å². The van der Waals surface area contributed by atoms with E-state index in [1.54, 1.807) is 25.2 Å². The van der Waals surface area contributed by atoms with Gasteiger partial charge in [-0.25, -0.2) is 0 Å². The minimum atomic E-state index is -0.971. The zero-order valence-corrected chi connectivity index (χ0v) is 14.6. The van der Waals surface area contributed by atoms with E-state index in [9.17, 15) is 9.59 Å². The molecule has 1 unspecified atom stereocenters. The highest BCUT2D eigenvalue weighted by Gasteiger charge is 2.22. The van der Waals surface area contributed by atoms with Crippen LogP contribution in [0.4, 0.5) is 5.69 Å². The second kappa shape index (κ2) is 8.18. The van der Waals surface area contributed by atoms with Crippen LogP contribution in [0.3, 0.4) is 0 Å². The summed E-state index contributed by atoms with van der Waals surface area (Å²) in [5.74, 6) is -1.62. The van der Waals surface area contributed by atoms with Crippen molar-refractivity contribution in [2.45, 2.75) is 18.8 Å². The van der Waals surface area contributed by atoms with Crippen molar-refractivity contribution in [1.29, 1.82) is 0 Å². The first kappa shape index (κ1) is 18.3. The van der Waals surface area contributed by atoms with E-state index in [0.29, 0.717) is 15.6 Å². The standard InChI is InChI=1S/C18H17Cl2NO3/c1-21(14-5-3-2-4-6-14)17(22)10-13(11-18(23)24)12-7-8-15(19)16(20)9-12/h2-9,13H,10-11H2,1H3,(H,23,24). The predicted octanol–water partition coefficient (Wildman–Crippen LogP) is 4.60. The van der Waals surface area contributed by atoms with Crippen LogP contribution in [0.15, 0.2) is 48.5 Å². The number of hydrogen-bond acceptors (Lipinski definition) is 2. The number of carboxylic acid groups (broad SMARTS) is 1. The van der Waals surface area contributed by atoms with Gasteiger partial charge >= 0.3 is 5.97 Å². The number of nitrogens with zero attached hydrogens (tertiary/aromatic N) is 1. The van der Waals surface area contributed by atoms with E-state index >= 15 is 0 Å². The van der Waals surface area contributed by atoms with E-state index in [4.69, 9.17) is 28.3 Å². The monoisotopic (exact) mass is 365 g/mol. The fourth-order valence-electron chi connectivity index (χ4n) is 2.43. The average Bonchev–Trinajstić information content (AvgIpc) is 2.56. The smallest absolute Gasteiger partial charge is 0.303 e. The Hall–Kier alpha value is -2.04. The Balaban J connectivity index is 2.20.